The van der Waals surface area contributed by atoms with Crippen molar-refractivity contribution >= 4 is 0 Å². The molecule has 2 aromatic rings. The summed E-state index contributed by atoms with van der Waals surface area (Å²) in [6, 6.07) is 6.00. The predicted octanol–water partition coefficient (Wildman–Crippen LogP) is 2.19. The van der Waals surface area contributed by atoms with Crippen molar-refractivity contribution in [3.63, 3.8) is 0 Å². The van der Waals surface area contributed by atoms with Crippen LogP contribution in [0.4, 0.5) is 4.39 Å². The molecule has 0 aliphatic heterocycles. The smallest absolute Gasteiger partial charge is 0.124 e. The van der Waals surface area contributed by atoms with Crippen molar-refractivity contribution in [2.45, 2.75) is 6.92 Å². The molecule has 0 spiro atoms. The lowest BCUT2D eigenvalue weighted by molar-refractivity contribution is 0.626. The molecule has 0 bridgehead atoms. The van der Waals surface area contributed by atoms with Gasteiger partial charge in [0.15, 0.2) is 0 Å². The Bertz CT molecular complexity index is 537. The second kappa shape index (κ2) is 3.54. The number of halogens is 1. The van der Waals surface area contributed by atoms with Gasteiger partial charge in [0.1, 0.15) is 11.9 Å². The van der Waals surface area contributed by atoms with E-state index in [2.05, 4.69) is 5.10 Å². The first-order chi connectivity index (χ1) is 7.20. The van der Waals surface area contributed by atoms with Gasteiger partial charge in [0.05, 0.1) is 17.4 Å². The molecule has 2 rings (SSSR count). The first kappa shape index (κ1) is 9.41. The first-order valence-electron chi connectivity index (χ1n) is 4.42. The quantitative estimate of drug-likeness (QED) is 0.709. The van der Waals surface area contributed by atoms with Crippen molar-refractivity contribution in [2.75, 3.05) is 0 Å². The van der Waals surface area contributed by atoms with Crippen molar-refractivity contribution in [1.29, 1.82) is 5.26 Å². The van der Waals surface area contributed by atoms with Gasteiger partial charge in [0.2, 0.25) is 0 Å². The summed E-state index contributed by atoms with van der Waals surface area (Å²) in [6.45, 7) is 1.90. The molecule has 0 fully saturated rings. The van der Waals surface area contributed by atoms with Crippen molar-refractivity contribution < 1.29 is 4.39 Å². The highest BCUT2D eigenvalue weighted by Gasteiger charge is 2.06. The van der Waals surface area contributed by atoms with Gasteiger partial charge >= 0.3 is 0 Å². The minimum absolute atomic E-state index is 0.276. The lowest BCUT2D eigenvalue weighted by Crippen LogP contribution is -1.98. The average molecular weight is 201 g/mol. The summed E-state index contributed by atoms with van der Waals surface area (Å²) in [5.74, 6) is -0.417. The number of benzene rings is 1. The molecule has 1 heterocycles. The maximum absolute atomic E-state index is 12.9. The van der Waals surface area contributed by atoms with Crippen LogP contribution in [0.15, 0.2) is 30.6 Å². The fourth-order valence-electron chi connectivity index (χ4n) is 1.34. The number of hydrogen-bond acceptors (Lipinski definition) is 2. The van der Waals surface area contributed by atoms with Crippen molar-refractivity contribution in [3.8, 4) is 11.8 Å². The fourth-order valence-corrected chi connectivity index (χ4v) is 1.34. The zero-order valence-corrected chi connectivity index (χ0v) is 8.11. The number of aromatic nitrogens is 2. The molecule has 0 radical (unpaired) electrons. The molecular formula is C11H8FN3. The lowest BCUT2D eigenvalue weighted by Gasteiger charge is -2.03. The van der Waals surface area contributed by atoms with E-state index >= 15 is 0 Å². The molecule has 4 heteroatoms. The SMILES string of the molecule is Cc1cnn(-c2ccc(F)cc2C#N)c1. The number of nitrogens with zero attached hydrogens (tertiary/aromatic N) is 3. The van der Waals surface area contributed by atoms with E-state index < -0.39 is 5.82 Å². The molecule has 0 atom stereocenters. The van der Waals surface area contributed by atoms with Gasteiger partial charge in [-0.1, -0.05) is 0 Å². The minimum Gasteiger partial charge on any atom is -0.239 e. The van der Waals surface area contributed by atoms with Crippen LogP contribution >= 0.6 is 0 Å². The Morgan fingerprint density at radius 1 is 1.47 bits per heavy atom. The summed E-state index contributed by atoms with van der Waals surface area (Å²) in [5, 5.41) is 12.9. The zero-order chi connectivity index (χ0) is 10.8. The van der Waals surface area contributed by atoms with E-state index in [0.29, 0.717) is 5.69 Å². The Balaban J connectivity index is 2.58. The van der Waals surface area contributed by atoms with Crippen LogP contribution in [0.25, 0.3) is 5.69 Å². The summed E-state index contributed by atoms with van der Waals surface area (Å²) in [4.78, 5) is 0. The highest BCUT2D eigenvalue weighted by Crippen LogP contribution is 2.15. The van der Waals surface area contributed by atoms with Crippen molar-refractivity contribution in [1.82, 2.24) is 9.78 Å². The maximum Gasteiger partial charge on any atom is 0.124 e. The number of nitriles is 1. The summed E-state index contributed by atoms with van der Waals surface area (Å²) in [5.41, 5.74) is 1.85. The Hall–Kier alpha value is -2.15. The van der Waals surface area contributed by atoms with Crippen LogP contribution in [0.5, 0.6) is 0 Å². The summed E-state index contributed by atoms with van der Waals surface area (Å²) in [6.07, 6.45) is 3.47. The zero-order valence-electron chi connectivity index (χ0n) is 8.11. The van der Waals surface area contributed by atoms with Crippen LogP contribution in [0.1, 0.15) is 11.1 Å². The van der Waals surface area contributed by atoms with Crippen LogP contribution in [0.3, 0.4) is 0 Å². The van der Waals surface area contributed by atoms with Crippen LogP contribution in [-0.2, 0) is 0 Å². The molecule has 0 saturated carbocycles. The molecule has 0 unspecified atom stereocenters. The van der Waals surface area contributed by atoms with E-state index in [-0.39, 0.29) is 5.56 Å². The number of aryl methyl sites for hydroxylation is 1. The van der Waals surface area contributed by atoms with Crippen LogP contribution in [0.2, 0.25) is 0 Å². The monoisotopic (exact) mass is 201 g/mol. The summed E-state index contributed by atoms with van der Waals surface area (Å²) < 4.78 is 14.4. The second-order valence-electron chi connectivity index (χ2n) is 3.24. The van der Waals surface area contributed by atoms with Gasteiger partial charge < -0.3 is 0 Å². The highest BCUT2D eigenvalue weighted by atomic mass is 19.1. The number of rotatable bonds is 1. The van der Waals surface area contributed by atoms with Gasteiger partial charge in [-0.25, -0.2) is 9.07 Å². The third-order valence-electron chi connectivity index (χ3n) is 2.04. The largest absolute Gasteiger partial charge is 0.239 e. The molecular weight excluding hydrogens is 193 g/mol. The molecule has 74 valence electrons. The fraction of sp³-hybridized carbons (Fsp3) is 0.0909. The molecule has 1 aromatic carbocycles. The molecule has 3 nitrogen and oxygen atoms in total. The molecule has 1 aromatic heterocycles. The Labute approximate surface area is 86.4 Å². The van der Waals surface area contributed by atoms with Crippen LogP contribution in [-0.4, -0.2) is 9.78 Å². The third kappa shape index (κ3) is 1.72. The first-order valence-corrected chi connectivity index (χ1v) is 4.42. The molecule has 0 aliphatic rings. The van der Waals surface area contributed by atoms with E-state index in [1.807, 2.05) is 13.0 Å². The van der Waals surface area contributed by atoms with Gasteiger partial charge in [-0.2, -0.15) is 10.4 Å². The molecule has 15 heavy (non-hydrogen) atoms. The van der Waals surface area contributed by atoms with Gasteiger partial charge in [-0.3, -0.25) is 0 Å². The standard InChI is InChI=1S/C11H8FN3/c1-8-6-14-15(7-8)11-3-2-10(12)4-9(11)5-13/h2-4,6-7H,1H3. The average Bonchev–Trinajstić information content (AvgIpc) is 2.64. The van der Waals surface area contributed by atoms with E-state index in [9.17, 15) is 4.39 Å². The van der Waals surface area contributed by atoms with Gasteiger partial charge in [-0.15, -0.1) is 0 Å². The van der Waals surface area contributed by atoms with Crippen molar-refractivity contribution in [2.24, 2.45) is 0 Å². The van der Waals surface area contributed by atoms with E-state index in [4.69, 9.17) is 5.26 Å². The van der Waals surface area contributed by atoms with Gasteiger partial charge in [0, 0.05) is 6.20 Å². The lowest BCUT2D eigenvalue weighted by atomic mass is 10.2. The van der Waals surface area contributed by atoms with Crippen LogP contribution < -0.4 is 0 Å². The minimum atomic E-state index is -0.417. The summed E-state index contributed by atoms with van der Waals surface area (Å²) >= 11 is 0. The predicted molar refractivity (Wildman–Crippen MR) is 53.0 cm³/mol. The van der Waals surface area contributed by atoms with Crippen LogP contribution in [0, 0.1) is 24.1 Å². The molecule has 0 aliphatic carbocycles. The third-order valence-corrected chi connectivity index (χ3v) is 2.04. The molecule has 0 N–H and O–H groups in total. The summed E-state index contributed by atoms with van der Waals surface area (Å²) in [7, 11) is 0. The van der Waals surface area contributed by atoms with Gasteiger partial charge in [0.25, 0.3) is 0 Å². The molecule has 0 amide bonds. The van der Waals surface area contributed by atoms with Gasteiger partial charge in [-0.05, 0) is 30.7 Å². The van der Waals surface area contributed by atoms with Crippen molar-refractivity contribution in [3.05, 3.63) is 47.5 Å². The highest BCUT2D eigenvalue weighted by molar-refractivity contribution is 5.48. The Morgan fingerprint density at radius 2 is 2.27 bits per heavy atom. The second-order valence-corrected chi connectivity index (χ2v) is 3.24. The normalized spacial score (nSPS) is 9.93. The Kier molecular flexibility index (Phi) is 2.22. The topological polar surface area (TPSA) is 41.6 Å². The van der Waals surface area contributed by atoms with E-state index in [0.717, 1.165) is 5.56 Å². The number of hydrogen-bond donors (Lipinski definition) is 0. The molecule has 0 saturated heterocycles. The van der Waals surface area contributed by atoms with E-state index in [1.165, 1.54) is 12.1 Å². The maximum atomic E-state index is 12.9. The Morgan fingerprint density at radius 3 is 2.87 bits per heavy atom. The van der Waals surface area contributed by atoms with E-state index in [1.54, 1.807) is 23.1 Å².